The van der Waals surface area contributed by atoms with Crippen LogP contribution in [0.1, 0.15) is 58.3 Å². The van der Waals surface area contributed by atoms with Crippen LogP contribution in [-0.2, 0) is 4.74 Å². The lowest BCUT2D eigenvalue weighted by molar-refractivity contribution is -0.326. The van der Waals surface area contributed by atoms with Gasteiger partial charge in [-0.1, -0.05) is 6.92 Å². The Morgan fingerprint density at radius 2 is 1.53 bits per heavy atom. The number of hydrogen-bond acceptors (Lipinski definition) is 11. The molecular formula is C32H56N2O9. The first-order valence-corrected chi connectivity index (χ1v) is 16.9. The Hall–Kier alpha value is -0.440. The van der Waals surface area contributed by atoms with Crippen LogP contribution < -0.4 is 5.73 Å². The zero-order valence-corrected chi connectivity index (χ0v) is 25.7. The SMILES string of the molecule is COC1CCC(C2CCC(O)C3C(O)C4C(O)[C@]5(O)C(O)C(C(N)O)C(O)C[C@@H]5[C@@H](O)[C@@H]4[C@@H](C)C23)CC1CN1CCCC1. The van der Waals surface area contributed by atoms with E-state index in [4.69, 9.17) is 10.5 Å². The number of methoxy groups -OCH3 is 1. The van der Waals surface area contributed by atoms with Crippen LogP contribution in [0.3, 0.4) is 0 Å². The van der Waals surface area contributed by atoms with Gasteiger partial charge >= 0.3 is 0 Å². The van der Waals surface area contributed by atoms with E-state index in [1.807, 2.05) is 6.92 Å². The smallest absolute Gasteiger partial charge is 0.122 e. The van der Waals surface area contributed by atoms with E-state index in [-0.39, 0.29) is 30.3 Å². The summed E-state index contributed by atoms with van der Waals surface area (Å²) < 4.78 is 5.95. The standard InChI is InChI=1S/C32H56N2O9/c1-14-22-17(15-5-8-21(43-2)16(11-15)13-34-9-3-4-10-34)6-7-19(35)24(22)28(38)26-23(14)27(37)18-12-20(36)25(31(33)41)29(39)32(18,42)30(26)40/h14-31,35-42H,3-13,33H2,1-2H3/t14-,15?,16?,17?,18+,19?,20?,21?,22?,23+,24?,25?,26?,27+,28?,29?,30?,31?,32+/m0/s1. The molecule has 0 aromatic heterocycles. The summed E-state index contributed by atoms with van der Waals surface area (Å²) in [5.41, 5.74) is 3.35. The molecule has 19 atom stereocenters. The fourth-order valence-electron chi connectivity index (χ4n) is 11.7. The van der Waals surface area contributed by atoms with Gasteiger partial charge in [0, 0.05) is 31.4 Å². The highest BCUT2D eigenvalue weighted by molar-refractivity contribution is 5.20. The number of hydrogen-bond donors (Lipinski definition) is 9. The van der Waals surface area contributed by atoms with Gasteiger partial charge in [0.25, 0.3) is 0 Å². The molecule has 10 N–H and O–H groups in total. The zero-order chi connectivity index (χ0) is 31.0. The molecule has 6 rings (SSSR count). The second-order valence-corrected chi connectivity index (χ2v) is 15.3. The van der Waals surface area contributed by atoms with E-state index in [1.165, 1.54) is 12.8 Å². The quantitative estimate of drug-likeness (QED) is 0.170. The van der Waals surface area contributed by atoms with E-state index in [9.17, 15) is 40.9 Å². The average molecular weight is 613 g/mol. The van der Waals surface area contributed by atoms with Gasteiger partial charge in [-0.05, 0) is 100.0 Å². The molecule has 0 radical (unpaired) electrons. The Balaban J connectivity index is 1.29. The van der Waals surface area contributed by atoms with Crippen molar-refractivity contribution >= 4 is 0 Å². The van der Waals surface area contributed by atoms with E-state index in [0.717, 1.165) is 45.3 Å². The molecule has 5 aliphatic carbocycles. The van der Waals surface area contributed by atoms with Gasteiger partial charge < -0.3 is 56.2 Å². The lowest BCUT2D eigenvalue weighted by atomic mass is 9.43. The van der Waals surface area contributed by atoms with Gasteiger partial charge in [0.2, 0.25) is 0 Å². The summed E-state index contributed by atoms with van der Waals surface area (Å²) >= 11 is 0. The number of nitrogens with two attached hydrogens (primary N) is 1. The van der Waals surface area contributed by atoms with Gasteiger partial charge in [-0.3, -0.25) is 0 Å². The first kappa shape index (κ1) is 32.5. The van der Waals surface area contributed by atoms with Crippen molar-refractivity contribution in [3.8, 4) is 0 Å². The Morgan fingerprint density at radius 3 is 2.19 bits per heavy atom. The molecule has 248 valence electrons. The number of ether oxygens (including phenoxy) is 1. The second-order valence-electron chi connectivity index (χ2n) is 15.3. The average Bonchev–Trinajstić information content (AvgIpc) is 3.48. The molecule has 6 fully saturated rings. The largest absolute Gasteiger partial charge is 0.393 e. The van der Waals surface area contributed by atoms with Crippen LogP contribution >= 0.6 is 0 Å². The minimum atomic E-state index is -2.29. The van der Waals surface area contributed by atoms with Crippen molar-refractivity contribution in [1.82, 2.24) is 4.90 Å². The molecular weight excluding hydrogens is 556 g/mol. The lowest BCUT2D eigenvalue weighted by Crippen LogP contribution is -2.78. The molecule has 11 nitrogen and oxygen atoms in total. The highest BCUT2D eigenvalue weighted by Crippen LogP contribution is 2.61. The normalized spacial score (nSPS) is 56.6. The monoisotopic (exact) mass is 612 g/mol. The van der Waals surface area contributed by atoms with Crippen LogP contribution in [0.2, 0.25) is 0 Å². The fourth-order valence-corrected chi connectivity index (χ4v) is 11.7. The van der Waals surface area contributed by atoms with E-state index < -0.39 is 78.0 Å². The molecule has 0 aromatic rings. The third-order valence-electron chi connectivity index (χ3n) is 13.6. The van der Waals surface area contributed by atoms with Crippen molar-refractivity contribution in [1.29, 1.82) is 0 Å². The zero-order valence-electron chi connectivity index (χ0n) is 25.7. The molecule has 0 spiro atoms. The number of likely N-dealkylation sites (tertiary alicyclic amines) is 1. The topological polar surface area (TPSA) is 200 Å². The van der Waals surface area contributed by atoms with Crippen LogP contribution in [0, 0.1) is 59.2 Å². The Kier molecular flexibility index (Phi) is 9.30. The van der Waals surface area contributed by atoms with Gasteiger partial charge in [-0.15, -0.1) is 0 Å². The summed E-state index contributed by atoms with van der Waals surface area (Å²) in [6, 6.07) is 0. The van der Waals surface area contributed by atoms with Crippen LogP contribution in [0.25, 0.3) is 0 Å². The molecule has 0 aromatic carbocycles. The predicted molar refractivity (Wildman–Crippen MR) is 156 cm³/mol. The maximum absolute atomic E-state index is 12.0. The van der Waals surface area contributed by atoms with Gasteiger partial charge in [-0.25, -0.2) is 0 Å². The summed E-state index contributed by atoms with van der Waals surface area (Å²) in [6.45, 7) is 5.32. The highest BCUT2D eigenvalue weighted by atomic mass is 16.5. The van der Waals surface area contributed by atoms with E-state index in [0.29, 0.717) is 18.3 Å². The number of rotatable bonds is 5. The minimum Gasteiger partial charge on any atom is -0.393 e. The third kappa shape index (κ3) is 5.13. The minimum absolute atomic E-state index is 0.0957. The molecule has 1 saturated heterocycles. The van der Waals surface area contributed by atoms with Gasteiger partial charge in [0.15, 0.2) is 0 Å². The molecule has 6 aliphatic rings. The molecule has 0 amide bonds. The van der Waals surface area contributed by atoms with Crippen LogP contribution in [0.15, 0.2) is 0 Å². The van der Waals surface area contributed by atoms with Crippen molar-refractivity contribution < 1.29 is 45.6 Å². The summed E-state index contributed by atoms with van der Waals surface area (Å²) in [6.07, 6.45) is -2.74. The lowest BCUT2D eigenvalue weighted by Gasteiger charge is -2.66. The Bertz CT molecular complexity index is 969. The maximum Gasteiger partial charge on any atom is 0.122 e. The van der Waals surface area contributed by atoms with E-state index in [1.54, 1.807) is 7.11 Å². The Morgan fingerprint density at radius 1 is 0.837 bits per heavy atom. The Labute approximate surface area is 255 Å². The summed E-state index contributed by atoms with van der Waals surface area (Å²) in [5.74, 6) is -3.84. The van der Waals surface area contributed by atoms with Crippen molar-refractivity contribution in [2.24, 2.45) is 64.9 Å². The number of fused-ring (bicyclic) bond motifs is 3. The second kappa shape index (κ2) is 12.3. The third-order valence-corrected chi connectivity index (χ3v) is 13.6. The predicted octanol–water partition coefficient (Wildman–Crippen LogP) is -1.14. The number of aliphatic hydroxyl groups is 8. The van der Waals surface area contributed by atoms with Crippen LogP contribution in [0.4, 0.5) is 0 Å². The molecule has 0 bridgehead atoms. The van der Waals surface area contributed by atoms with Gasteiger partial charge in [0.05, 0.1) is 48.6 Å². The summed E-state index contributed by atoms with van der Waals surface area (Å²) in [7, 11) is 1.81. The number of nitrogens with zero attached hydrogens (tertiary/aromatic N) is 1. The van der Waals surface area contributed by atoms with Crippen molar-refractivity contribution in [3.63, 3.8) is 0 Å². The first-order valence-electron chi connectivity index (χ1n) is 16.9. The van der Waals surface area contributed by atoms with Crippen molar-refractivity contribution in [2.45, 2.75) is 113 Å². The number of aliphatic hydroxyl groups excluding tert-OH is 7. The molecule has 1 heterocycles. The highest BCUT2D eigenvalue weighted by Gasteiger charge is 2.71. The van der Waals surface area contributed by atoms with Gasteiger partial charge in [0.1, 0.15) is 11.8 Å². The summed E-state index contributed by atoms with van der Waals surface area (Å²) in [4.78, 5) is 2.55. The molecule has 5 saturated carbocycles. The fraction of sp³-hybridized carbons (Fsp3) is 1.00. The van der Waals surface area contributed by atoms with E-state index in [2.05, 4.69) is 4.90 Å². The van der Waals surface area contributed by atoms with Crippen LogP contribution in [0.5, 0.6) is 0 Å². The molecule has 43 heavy (non-hydrogen) atoms. The maximum atomic E-state index is 12.0. The molecule has 1 aliphatic heterocycles. The van der Waals surface area contributed by atoms with E-state index >= 15 is 0 Å². The van der Waals surface area contributed by atoms with Crippen LogP contribution in [-0.4, -0.2) is 127 Å². The molecule has 11 heteroatoms. The van der Waals surface area contributed by atoms with Crippen molar-refractivity contribution in [3.05, 3.63) is 0 Å². The first-order chi connectivity index (χ1) is 20.4. The molecule has 14 unspecified atom stereocenters. The summed E-state index contributed by atoms with van der Waals surface area (Å²) in [5, 5.41) is 90.9. The van der Waals surface area contributed by atoms with Crippen molar-refractivity contribution in [2.75, 3.05) is 26.7 Å². The van der Waals surface area contributed by atoms with Gasteiger partial charge in [-0.2, -0.15) is 0 Å².